The molecule has 2 rings (SSSR count). The average molecular weight is 304 g/mol. The van der Waals surface area contributed by atoms with Gasteiger partial charge in [-0.25, -0.2) is 0 Å². The minimum absolute atomic E-state index is 0.154. The first-order valence-corrected chi connectivity index (χ1v) is 6.58. The molecule has 0 saturated heterocycles. The van der Waals surface area contributed by atoms with Crippen molar-refractivity contribution in [1.29, 1.82) is 0 Å². The van der Waals surface area contributed by atoms with E-state index in [4.69, 9.17) is 17.3 Å². The molecule has 2 amide bonds. The van der Waals surface area contributed by atoms with E-state index in [2.05, 4.69) is 10.6 Å². The Morgan fingerprint density at radius 3 is 2.14 bits per heavy atom. The summed E-state index contributed by atoms with van der Waals surface area (Å²) in [4.78, 5) is 23.1. The number of carbonyl (C=O) groups is 2. The number of nitrogen functional groups attached to an aromatic ring is 1. The van der Waals surface area contributed by atoms with Gasteiger partial charge < -0.3 is 16.4 Å². The second-order valence-electron chi connectivity index (χ2n) is 4.41. The van der Waals surface area contributed by atoms with Crippen LogP contribution in [0.4, 0.5) is 17.1 Å². The number of nitrogens with two attached hydrogens (primary N) is 1. The Labute approximate surface area is 127 Å². The fraction of sp³-hybridized carbons (Fsp3) is 0.0667. The van der Waals surface area contributed by atoms with Crippen LogP contribution in [0.25, 0.3) is 0 Å². The van der Waals surface area contributed by atoms with Crippen LogP contribution in [0.15, 0.2) is 42.5 Å². The first kappa shape index (κ1) is 14.9. The number of benzene rings is 2. The van der Waals surface area contributed by atoms with E-state index in [0.717, 1.165) is 0 Å². The van der Waals surface area contributed by atoms with Crippen molar-refractivity contribution in [2.75, 3.05) is 16.4 Å². The highest BCUT2D eigenvalue weighted by molar-refractivity contribution is 6.34. The van der Waals surface area contributed by atoms with Gasteiger partial charge in [-0.3, -0.25) is 9.59 Å². The molecule has 2 aromatic carbocycles. The van der Waals surface area contributed by atoms with Crippen LogP contribution in [-0.2, 0) is 4.79 Å². The van der Waals surface area contributed by atoms with E-state index in [9.17, 15) is 9.59 Å². The summed E-state index contributed by atoms with van der Waals surface area (Å²) in [7, 11) is 0. The van der Waals surface area contributed by atoms with Gasteiger partial charge in [-0.15, -0.1) is 0 Å². The second kappa shape index (κ2) is 6.28. The maximum absolute atomic E-state index is 12.1. The number of rotatable bonds is 3. The molecule has 0 spiro atoms. The normalized spacial score (nSPS) is 10.0. The first-order valence-electron chi connectivity index (χ1n) is 6.20. The van der Waals surface area contributed by atoms with E-state index in [1.54, 1.807) is 42.5 Å². The minimum atomic E-state index is -0.345. The zero-order chi connectivity index (χ0) is 15.4. The number of carbonyl (C=O) groups excluding carboxylic acids is 2. The molecule has 21 heavy (non-hydrogen) atoms. The predicted molar refractivity (Wildman–Crippen MR) is 84.6 cm³/mol. The summed E-state index contributed by atoms with van der Waals surface area (Å²) in [5.41, 5.74) is 7.58. The average Bonchev–Trinajstić information content (AvgIpc) is 2.43. The molecule has 108 valence electrons. The molecule has 0 aliphatic carbocycles. The standard InChI is InChI=1S/C15H14ClN3O2/c1-9(20)18-10-5-7-11(8-6-10)19-15(21)12-3-2-4-13(16)14(12)17/h2-8H,17H2,1H3,(H,18,20)(H,19,21). The van der Waals surface area contributed by atoms with E-state index in [0.29, 0.717) is 22.0 Å². The maximum atomic E-state index is 12.1. The summed E-state index contributed by atoms with van der Waals surface area (Å²) >= 11 is 5.88. The van der Waals surface area contributed by atoms with Crippen LogP contribution in [0.5, 0.6) is 0 Å². The molecular weight excluding hydrogens is 290 g/mol. The Kier molecular flexibility index (Phi) is 4.45. The van der Waals surface area contributed by atoms with Crippen LogP contribution in [0, 0.1) is 0 Å². The van der Waals surface area contributed by atoms with Gasteiger partial charge in [-0.05, 0) is 36.4 Å². The van der Waals surface area contributed by atoms with Crippen LogP contribution in [0.1, 0.15) is 17.3 Å². The van der Waals surface area contributed by atoms with Crippen LogP contribution >= 0.6 is 11.6 Å². The second-order valence-corrected chi connectivity index (χ2v) is 4.82. The van der Waals surface area contributed by atoms with E-state index < -0.39 is 0 Å². The monoisotopic (exact) mass is 303 g/mol. The van der Waals surface area contributed by atoms with Gasteiger partial charge >= 0.3 is 0 Å². The number of nitrogens with one attached hydrogen (secondary N) is 2. The van der Waals surface area contributed by atoms with Crippen LogP contribution in [0.2, 0.25) is 5.02 Å². The lowest BCUT2D eigenvalue weighted by atomic mass is 10.1. The van der Waals surface area contributed by atoms with Gasteiger partial charge in [0, 0.05) is 18.3 Å². The van der Waals surface area contributed by atoms with Crippen molar-refractivity contribution in [3.05, 3.63) is 53.1 Å². The van der Waals surface area contributed by atoms with Gasteiger partial charge in [-0.2, -0.15) is 0 Å². The lowest BCUT2D eigenvalue weighted by Gasteiger charge is -2.09. The maximum Gasteiger partial charge on any atom is 0.257 e. The fourth-order valence-electron chi connectivity index (χ4n) is 1.77. The minimum Gasteiger partial charge on any atom is -0.397 e. The zero-order valence-corrected chi connectivity index (χ0v) is 12.1. The lowest BCUT2D eigenvalue weighted by Crippen LogP contribution is -2.14. The molecule has 6 heteroatoms. The van der Waals surface area contributed by atoms with E-state index in [1.165, 1.54) is 6.92 Å². The molecule has 0 aromatic heterocycles. The van der Waals surface area contributed by atoms with Gasteiger partial charge in [0.05, 0.1) is 16.3 Å². The lowest BCUT2D eigenvalue weighted by molar-refractivity contribution is -0.114. The van der Waals surface area contributed by atoms with Crippen LogP contribution in [0.3, 0.4) is 0 Å². The molecular formula is C15H14ClN3O2. The molecule has 0 aliphatic rings. The predicted octanol–water partition coefficient (Wildman–Crippen LogP) is 3.13. The van der Waals surface area contributed by atoms with Crippen molar-refractivity contribution in [2.45, 2.75) is 6.92 Å². The molecule has 0 radical (unpaired) electrons. The molecule has 0 heterocycles. The first-order chi connectivity index (χ1) is 9.97. The smallest absolute Gasteiger partial charge is 0.257 e. The molecule has 0 aliphatic heterocycles. The zero-order valence-electron chi connectivity index (χ0n) is 11.3. The quantitative estimate of drug-likeness (QED) is 0.762. The Morgan fingerprint density at radius 1 is 1.00 bits per heavy atom. The number of amides is 2. The number of hydrogen-bond acceptors (Lipinski definition) is 3. The number of halogens is 1. The molecule has 0 bridgehead atoms. The summed E-state index contributed by atoms with van der Waals surface area (Å²) in [5, 5.41) is 5.70. The van der Waals surface area contributed by atoms with Crippen molar-refractivity contribution >= 4 is 40.5 Å². The molecule has 4 N–H and O–H groups in total. The molecule has 0 unspecified atom stereocenters. The van der Waals surface area contributed by atoms with Crippen molar-refractivity contribution in [2.24, 2.45) is 0 Å². The van der Waals surface area contributed by atoms with Crippen molar-refractivity contribution in [3.63, 3.8) is 0 Å². The highest BCUT2D eigenvalue weighted by atomic mass is 35.5. The van der Waals surface area contributed by atoms with Crippen molar-refractivity contribution in [3.8, 4) is 0 Å². The van der Waals surface area contributed by atoms with Gasteiger partial charge in [0.15, 0.2) is 0 Å². The van der Waals surface area contributed by atoms with E-state index in [1.807, 2.05) is 0 Å². The molecule has 5 nitrogen and oxygen atoms in total. The number of hydrogen-bond donors (Lipinski definition) is 3. The number of para-hydroxylation sites is 1. The van der Waals surface area contributed by atoms with Crippen LogP contribution in [-0.4, -0.2) is 11.8 Å². The Balaban J connectivity index is 2.12. The van der Waals surface area contributed by atoms with Crippen LogP contribution < -0.4 is 16.4 Å². The summed E-state index contributed by atoms with van der Waals surface area (Å²) < 4.78 is 0. The Bertz CT molecular complexity index is 684. The Hall–Kier alpha value is -2.53. The largest absolute Gasteiger partial charge is 0.397 e. The number of anilines is 3. The van der Waals surface area contributed by atoms with Crippen molar-refractivity contribution < 1.29 is 9.59 Å². The summed E-state index contributed by atoms with van der Waals surface area (Å²) in [6.45, 7) is 1.43. The molecule has 0 fully saturated rings. The summed E-state index contributed by atoms with van der Waals surface area (Å²) in [5.74, 6) is -0.499. The van der Waals surface area contributed by atoms with Gasteiger partial charge in [0.1, 0.15) is 0 Å². The molecule has 0 saturated carbocycles. The van der Waals surface area contributed by atoms with Crippen molar-refractivity contribution in [1.82, 2.24) is 0 Å². The third-order valence-electron chi connectivity index (χ3n) is 2.76. The Morgan fingerprint density at radius 2 is 1.57 bits per heavy atom. The highest BCUT2D eigenvalue weighted by Crippen LogP contribution is 2.23. The van der Waals surface area contributed by atoms with Gasteiger partial charge in [0.2, 0.25) is 5.91 Å². The highest BCUT2D eigenvalue weighted by Gasteiger charge is 2.11. The fourth-order valence-corrected chi connectivity index (χ4v) is 1.95. The van der Waals surface area contributed by atoms with Gasteiger partial charge in [0.25, 0.3) is 5.91 Å². The van der Waals surface area contributed by atoms with Gasteiger partial charge in [-0.1, -0.05) is 17.7 Å². The molecule has 0 atom stereocenters. The topological polar surface area (TPSA) is 84.2 Å². The molecule has 2 aromatic rings. The third-order valence-corrected chi connectivity index (χ3v) is 3.09. The van der Waals surface area contributed by atoms with E-state index in [-0.39, 0.29) is 17.5 Å². The summed E-state index contributed by atoms with van der Waals surface area (Å²) in [6, 6.07) is 11.6. The van der Waals surface area contributed by atoms with E-state index >= 15 is 0 Å². The summed E-state index contributed by atoms with van der Waals surface area (Å²) in [6.07, 6.45) is 0. The SMILES string of the molecule is CC(=O)Nc1ccc(NC(=O)c2cccc(Cl)c2N)cc1. The third kappa shape index (κ3) is 3.73.